The van der Waals surface area contributed by atoms with E-state index in [1.165, 1.54) is 25.7 Å². The second-order valence-corrected chi connectivity index (χ2v) is 6.12. The van der Waals surface area contributed by atoms with E-state index in [2.05, 4.69) is 22.1 Å². The number of hydrogen-bond donors (Lipinski definition) is 1. The first-order valence-electron chi connectivity index (χ1n) is 7.64. The van der Waals surface area contributed by atoms with Gasteiger partial charge >= 0.3 is 0 Å². The largest absolute Gasteiger partial charge is 0.377 e. The number of nitrogens with two attached hydrogens (primary N) is 1. The maximum atomic E-state index is 5.85. The minimum atomic E-state index is 0.520. The molecule has 2 N–H and O–H groups in total. The fourth-order valence-corrected chi connectivity index (χ4v) is 2.78. The highest BCUT2D eigenvalue weighted by molar-refractivity contribution is 8.13. The van der Waals surface area contributed by atoms with Crippen LogP contribution in [0.1, 0.15) is 38.2 Å². The van der Waals surface area contributed by atoms with E-state index in [9.17, 15) is 0 Å². The normalized spacial score (nSPS) is 12.3. The van der Waals surface area contributed by atoms with Gasteiger partial charge in [-0.3, -0.25) is 4.98 Å². The van der Waals surface area contributed by atoms with E-state index in [-0.39, 0.29) is 0 Å². The summed E-state index contributed by atoms with van der Waals surface area (Å²) in [5.41, 5.74) is 7.80. The topological polar surface area (TPSA) is 63.6 Å². The molecular weight excluding hydrogens is 292 g/mol. The molecule has 0 aliphatic rings. The van der Waals surface area contributed by atoms with Gasteiger partial charge in [0.25, 0.3) is 0 Å². The van der Waals surface area contributed by atoms with E-state index in [1.807, 2.05) is 30.3 Å². The Balaban J connectivity index is 1.91. The highest BCUT2D eigenvalue weighted by Crippen LogP contribution is 2.14. The predicted octanol–water partition coefficient (Wildman–Crippen LogP) is 4.20. The minimum absolute atomic E-state index is 0.520. The van der Waals surface area contributed by atoms with Gasteiger partial charge in [-0.05, 0) is 18.6 Å². The zero-order chi connectivity index (χ0) is 15.6. The van der Waals surface area contributed by atoms with Gasteiger partial charge in [0, 0.05) is 22.9 Å². The summed E-state index contributed by atoms with van der Waals surface area (Å²) in [7, 11) is 0. The van der Waals surface area contributed by atoms with E-state index in [0.29, 0.717) is 5.17 Å². The van der Waals surface area contributed by atoms with Crippen LogP contribution in [0.3, 0.4) is 0 Å². The van der Waals surface area contributed by atoms with Crippen molar-refractivity contribution in [2.45, 2.75) is 32.6 Å². The summed E-state index contributed by atoms with van der Waals surface area (Å²) in [4.78, 5) is 4.32. The van der Waals surface area contributed by atoms with Gasteiger partial charge in [0.05, 0.1) is 11.7 Å². The molecule has 22 heavy (non-hydrogen) atoms. The number of fused-ring (bicyclic) bond motifs is 1. The molecule has 2 rings (SSSR count). The number of unbranched alkanes of at least 4 members (excludes halogenated alkanes) is 3. The highest BCUT2D eigenvalue weighted by Gasteiger charge is 1.98. The third-order valence-electron chi connectivity index (χ3n) is 3.28. The molecule has 0 spiro atoms. The smallest absolute Gasteiger partial charge is 0.180 e. The molecule has 0 saturated carbocycles. The number of amidine groups is 1. The first kappa shape index (κ1) is 16.5. The first-order valence-corrected chi connectivity index (χ1v) is 8.63. The average molecular weight is 314 g/mol. The van der Waals surface area contributed by atoms with Crippen molar-refractivity contribution in [1.82, 2.24) is 4.98 Å². The molecule has 0 amide bonds. The lowest BCUT2D eigenvalue weighted by molar-refractivity contribution is 0.707. The van der Waals surface area contributed by atoms with Crippen molar-refractivity contribution in [3.63, 3.8) is 0 Å². The second kappa shape index (κ2) is 9.20. The van der Waals surface area contributed by atoms with Gasteiger partial charge in [-0.2, -0.15) is 5.10 Å². The van der Waals surface area contributed by atoms with E-state index < -0.39 is 0 Å². The monoisotopic (exact) mass is 314 g/mol. The quantitative estimate of drug-likeness (QED) is 0.360. The number of thioether (sulfide) groups is 1. The van der Waals surface area contributed by atoms with Crippen LogP contribution in [0, 0.1) is 0 Å². The maximum Gasteiger partial charge on any atom is 0.180 e. The van der Waals surface area contributed by atoms with Crippen LogP contribution in [0.4, 0.5) is 0 Å². The molecule has 0 unspecified atom stereocenters. The third-order valence-corrected chi connectivity index (χ3v) is 4.15. The van der Waals surface area contributed by atoms with E-state index >= 15 is 0 Å². The summed E-state index contributed by atoms with van der Waals surface area (Å²) >= 11 is 1.57. The van der Waals surface area contributed by atoms with Crippen molar-refractivity contribution < 1.29 is 0 Å². The molecule has 5 heteroatoms. The number of nitrogens with zero attached hydrogens (tertiary/aromatic N) is 3. The van der Waals surface area contributed by atoms with Gasteiger partial charge in [0.15, 0.2) is 5.17 Å². The third kappa shape index (κ3) is 5.15. The van der Waals surface area contributed by atoms with Gasteiger partial charge < -0.3 is 5.73 Å². The Bertz CT molecular complexity index is 647. The number of para-hydroxylation sites is 1. The zero-order valence-corrected chi connectivity index (χ0v) is 13.7. The molecule has 0 aliphatic carbocycles. The SMILES string of the molecule is CCCCCCS/C(N)=N/N=C\c1ccnc2ccccc12. The Morgan fingerprint density at radius 2 is 2.09 bits per heavy atom. The molecule has 1 aromatic heterocycles. The second-order valence-electron chi connectivity index (χ2n) is 5.01. The first-order chi connectivity index (χ1) is 10.8. The van der Waals surface area contributed by atoms with Crippen molar-refractivity contribution in [2.75, 3.05) is 5.75 Å². The van der Waals surface area contributed by atoms with Crippen LogP contribution < -0.4 is 5.73 Å². The van der Waals surface area contributed by atoms with Crippen LogP contribution in [-0.2, 0) is 0 Å². The molecule has 1 aromatic carbocycles. The summed E-state index contributed by atoms with van der Waals surface area (Å²) in [5, 5.41) is 9.73. The molecule has 0 fully saturated rings. The van der Waals surface area contributed by atoms with E-state index in [4.69, 9.17) is 5.73 Å². The zero-order valence-electron chi connectivity index (χ0n) is 12.9. The number of aromatic nitrogens is 1. The Morgan fingerprint density at radius 3 is 2.95 bits per heavy atom. The molecule has 1 heterocycles. The summed E-state index contributed by atoms with van der Waals surface area (Å²) in [6.45, 7) is 2.21. The average Bonchev–Trinajstić information content (AvgIpc) is 2.55. The number of pyridine rings is 1. The molecule has 4 nitrogen and oxygen atoms in total. The van der Waals surface area contributed by atoms with Crippen LogP contribution in [0.25, 0.3) is 10.9 Å². The molecule has 2 aromatic rings. The van der Waals surface area contributed by atoms with Gasteiger partial charge in [-0.25, -0.2) is 0 Å². The van der Waals surface area contributed by atoms with Crippen LogP contribution in [0.5, 0.6) is 0 Å². The van der Waals surface area contributed by atoms with Gasteiger partial charge in [0.1, 0.15) is 0 Å². The van der Waals surface area contributed by atoms with Crippen molar-refractivity contribution in [3.05, 3.63) is 42.1 Å². The number of hydrogen-bond acceptors (Lipinski definition) is 4. The van der Waals surface area contributed by atoms with Crippen molar-refractivity contribution in [2.24, 2.45) is 15.9 Å². The fraction of sp³-hybridized carbons (Fsp3) is 0.353. The van der Waals surface area contributed by atoms with Crippen LogP contribution in [0.2, 0.25) is 0 Å². The lowest BCUT2D eigenvalue weighted by Crippen LogP contribution is -2.06. The van der Waals surface area contributed by atoms with Crippen molar-refractivity contribution in [1.29, 1.82) is 0 Å². The van der Waals surface area contributed by atoms with E-state index in [1.54, 1.807) is 24.2 Å². The molecular formula is C17H22N4S. The van der Waals surface area contributed by atoms with E-state index in [0.717, 1.165) is 22.2 Å². The van der Waals surface area contributed by atoms with Gasteiger partial charge in [-0.15, -0.1) is 5.10 Å². The molecule has 0 radical (unpaired) electrons. The lowest BCUT2D eigenvalue weighted by Gasteiger charge is -2.00. The predicted molar refractivity (Wildman–Crippen MR) is 97.6 cm³/mol. The summed E-state index contributed by atoms with van der Waals surface area (Å²) in [6, 6.07) is 9.90. The minimum Gasteiger partial charge on any atom is -0.377 e. The summed E-state index contributed by atoms with van der Waals surface area (Å²) in [5.74, 6) is 1.00. The Kier molecular flexibility index (Phi) is 6.90. The Hall–Kier alpha value is -1.88. The molecule has 116 valence electrons. The summed E-state index contributed by atoms with van der Waals surface area (Å²) < 4.78 is 0. The number of rotatable bonds is 7. The van der Waals surface area contributed by atoms with Gasteiger partial charge in [0.2, 0.25) is 0 Å². The van der Waals surface area contributed by atoms with Crippen molar-refractivity contribution >= 4 is 34.0 Å². The van der Waals surface area contributed by atoms with Crippen molar-refractivity contribution in [3.8, 4) is 0 Å². The summed E-state index contributed by atoms with van der Waals surface area (Å²) in [6.07, 6.45) is 8.47. The molecule has 0 aliphatic heterocycles. The fourth-order valence-electron chi connectivity index (χ4n) is 2.11. The van der Waals surface area contributed by atoms with Crippen LogP contribution >= 0.6 is 11.8 Å². The Labute approximate surface area is 135 Å². The number of benzene rings is 1. The molecule has 0 saturated heterocycles. The van der Waals surface area contributed by atoms with Crippen LogP contribution in [-0.4, -0.2) is 22.1 Å². The van der Waals surface area contributed by atoms with Crippen LogP contribution in [0.15, 0.2) is 46.7 Å². The standard InChI is InChI=1S/C17H22N4S/c1-2-3-4-7-12-22-17(18)21-20-13-14-10-11-19-16-9-6-5-8-15(14)16/h5-6,8-11,13H,2-4,7,12H2,1H3,(H2,18,21)/b20-13-. The Morgan fingerprint density at radius 1 is 1.23 bits per heavy atom. The van der Waals surface area contributed by atoms with Gasteiger partial charge in [-0.1, -0.05) is 56.1 Å². The molecule has 0 bridgehead atoms. The molecule has 0 atom stereocenters. The lowest BCUT2D eigenvalue weighted by atomic mass is 10.1. The highest BCUT2D eigenvalue weighted by atomic mass is 32.2. The maximum absolute atomic E-state index is 5.85.